The topological polar surface area (TPSA) is 64.3 Å². The van der Waals surface area contributed by atoms with Crippen LogP contribution in [0, 0.1) is 6.92 Å². The quantitative estimate of drug-likeness (QED) is 0.809. The Hall–Kier alpha value is -1.40. The molecule has 0 fully saturated rings. The fourth-order valence-corrected chi connectivity index (χ4v) is 1.57. The first-order valence-corrected chi connectivity index (χ1v) is 6.47. The third kappa shape index (κ3) is 6.27. The minimum atomic E-state index is -3.10. The molecule has 3 N–H and O–H groups in total. The van der Waals surface area contributed by atoms with Crippen LogP contribution in [0.25, 0.3) is 0 Å². The zero-order chi connectivity index (χ0) is 15.2. The predicted octanol–water partition coefficient (Wildman–Crippen LogP) is 2.28. The van der Waals surface area contributed by atoms with E-state index in [4.69, 9.17) is 10.5 Å². The second-order valence-corrected chi connectivity index (χ2v) is 4.56. The summed E-state index contributed by atoms with van der Waals surface area (Å²) in [6.07, 6.45) is -0.418. The van der Waals surface area contributed by atoms with Crippen molar-refractivity contribution in [1.29, 1.82) is 0 Å². The molecule has 21 heavy (non-hydrogen) atoms. The summed E-state index contributed by atoms with van der Waals surface area (Å²) >= 11 is 0. The number of carbonyl (C=O) groups is 1. The van der Waals surface area contributed by atoms with Gasteiger partial charge < -0.3 is 15.8 Å². The van der Waals surface area contributed by atoms with Crippen LogP contribution in [0.15, 0.2) is 24.3 Å². The number of benzene rings is 1. The van der Waals surface area contributed by atoms with Gasteiger partial charge in [0.15, 0.2) is 6.10 Å². The Kier molecular flexibility index (Phi) is 8.21. The fourth-order valence-electron chi connectivity index (χ4n) is 1.57. The molecule has 0 aromatic heterocycles. The molecule has 0 spiro atoms. The van der Waals surface area contributed by atoms with Crippen LogP contribution >= 0.6 is 12.4 Å². The first-order chi connectivity index (χ1) is 9.39. The number of nitrogens with one attached hydrogen (secondary N) is 1. The average Bonchev–Trinajstić information content (AvgIpc) is 2.44. The van der Waals surface area contributed by atoms with Gasteiger partial charge in [0, 0.05) is 0 Å². The molecular formula is C14H21ClF2N2O2. The Morgan fingerprint density at radius 1 is 1.43 bits per heavy atom. The van der Waals surface area contributed by atoms with Crippen molar-refractivity contribution in [1.82, 2.24) is 5.32 Å². The van der Waals surface area contributed by atoms with Crippen molar-refractivity contribution >= 4 is 18.3 Å². The number of carbonyl (C=O) groups excluding carboxylic acids is 1. The molecule has 0 heterocycles. The lowest BCUT2D eigenvalue weighted by Crippen LogP contribution is -2.46. The lowest BCUT2D eigenvalue weighted by molar-refractivity contribution is -0.129. The van der Waals surface area contributed by atoms with Crippen LogP contribution in [-0.4, -0.2) is 31.0 Å². The maximum atomic E-state index is 13.0. The summed E-state index contributed by atoms with van der Waals surface area (Å²) in [5, 5.41) is 2.17. The molecule has 1 aromatic carbocycles. The van der Waals surface area contributed by atoms with E-state index < -0.39 is 31.0 Å². The number of aryl methyl sites for hydroxylation is 1. The zero-order valence-electron chi connectivity index (χ0n) is 12.1. The normalized spacial score (nSPS) is 12.2. The monoisotopic (exact) mass is 322 g/mol. The smallest absolute Gasteiger partial charge is 0.277 e. The van der Waals surface area contributed by atoms with Crippen molar-refractivity contribution in [3.05, 3.63) is 29.8 Å². The van der Waals surface area contributed by atoms with Crippen molar-refractivity contribution in [2.75, 3.05) is 13.1 Å². The van der Waals surface area contributed by atoms with Crippen molar-refractivity contribution in [2.45, 2.75) is 32.3 Å². The molecule has 0 saturated heterocycles. The molecule has 0 radical (unpaired) electrons. The van der Waals surface area contributed by atoms with Gasteiger partial charge in [-0.1, -0.05) is 25.1 Å². The minimum absolute atomic E-state index is 0. The summed E-state index contributed by atoms with van der Waals surface area (Å²) < 4.78 is 31.5. The first-order valence-electron chi connectivity index (χ1n) is 6.47. The Balaban J connectivity index is 0.00000400. The molecule has 0 aliphatic heterocycles. The van der Waals surface area contributed by atoms with Gasteiger partial charge in [-0.05, 0) is 25.0 Å². The van der Waals surface area contributed by atoms with Crippen molar-refractivity contribution < 1.29 is 18.3 Å². The SMILES string of the molecule is CCC(Oc1ccccc1C)C(=O)NCC(F)(F)CN.Cl. The summed E-state index contributed by atoms with van der Waals surface area (Å²) in [7, 11) is 0. The van der Waals surface area contributed by atoms with Crippen LogP contribution in [0.3, 0.4) is 0 Å². The highest BCUT2D eigenvalue weighted by Gasteiger charge is 2.29. The predicted molar refractivity (Wildman–Crippen MR) is 80.1 cm³/mol. The minimum Gasteiger partial charge on any atom is -0.480 e. The van der Waals surface area contributed by atoms with Crippen molar-refractivity contribution in [3.63, 3.8) is 0 Å². The van der Waals surface area contributed by atoms with E-state index in [0.29, 0.717) is 12.2 Å². The van der Waals surface area contributed by atoms with Crippen LogP contribution in [0.1, 0.15) is 18.9 Å². The number of alkyl halides is 2. The molecule has 0 bridgehead atoms. The summed E-state index contributed by atoms with van der Waals surface area (Å²) in [4.78, 5) is 11.8. The summed E-state index contributed by atoms with van der Waals surface area (Å²) in [5.41, 5.74) is 5.79. The number of nitrogens with two attached hydrogens (primary N) is 1. The highest BCUT2D eigenvalue weighted by Crippen LogP contribution is 2.19. The maximum Gasteiger partial charge on any atom is 0.277 e. The van der Waals surface area contributed by atoms with E-state index in [1.807, 2.05) is 19.1 Å². The molecule has 120 valence electrons. The molecule has 1 amide bonds. The molecule has 7 heteroatoms. The van der Waals surface area contributed by atoms with Gasteiger partial charge >= 0.3 is 0 Å². The Bertz CT molecular complexity index is 458. The van der Waals surface area contributed by atoms with Crippen LogP contribution < -0.4 is 15.8 Å². The average molecular weight is 323 g/mol. The number of ether oxygens (including phenoxy) is 1. The first kappa shape index (κ1) is 19.6. The molecule has 0 aliphatic carbocycles. The molecular weight excluding hydrogens is 302 g/mol. The standard InChI is InChI=1S/C14H20F2N2O2.ClH/c1-3-11(13(19)18-9-14(15,16)8-17)20-12-7-5-4-6-10(12)2;/h4-7,11H,3,8-9,17H2,1-2H3,(H,18,19);1H. The van der Waals surface area contributed by atoms with Crippen molar-refractivity contribution in [2.24, 2.45) is 5.73 Å². The lowest BCUT2D eigenvalue weighted by Gasteiger charge is -2.20. The van der Waals surface area contributed by atoms with Gasteiger partial charge in [-0.15, -0.1) is 12.4 Å². The third-order valence-corrected chi connectivity index (χ3v) is 2.85. The summed E-state index contributed by atoms with van der Waals surface area (Å²) in [6, 6.07) is 7.23. The van der Waals surface area contributed by atoms with Crippen LogP contribution in [-0.2, 0) is 4.79 Å². The van der Waals surface area contributed by atoms with Gasteiger partial charge in [-0.2, -0.15) is 0 Å². The summed E-state index contributed by atoms with van der Waals surface area (Å²) in [6.45, 7) is 2.02. The van der Waals surface area contributed by atoms with E-state index in [1.165, 1.54) is 0 Å². The van der Waals surface area contributed by atoms with Crippen LogP contribution in [0.5, 0.6) is 5.75 Å². The van der Waals surface area contributed by atoms with Gasteiger partial charge in [-0.25, -0.2) is 8.78 Å². The Morgan fingerprint density at radius 2 is 2.05 bits per heavy atom. The number of halogens is 3. The fraction of sp³-hybridized carbons (Fsp3) is 0.500. The van der Waals surface area contributed by atoms with Gasteiger partial charge in [0.25, 0.3) is 11.8 Å². The van der Waals surface area contributed by atoms with Gasteiger partial charge in [0.05, 0.1) is 13.1 Å². The molecule has 1 aromatic rings. The number of amides is 1. The third-order valence-electron chi connectivity index (χ3n) is 2.85. The highest BCUT2D eigenvalue weighted by molar-refractivity contribution is 5.85. The van der Waals surface area contributed by atoms with Crippen LogP contribution in [0.4, 0.5) is 8.78 Å². The van der Waals surface area contributed by atoms with Gasteiger partial charge in [-0.3, -0.25) is 4.79 Å². The second kappa shape index (κ2) is 8.79. The van der Waals surface area contributed by atoms with E-state index in [9.17, 15) is 13.6 Å². The number of hydrogen-bond acceptors (Lipinski definition) is 3. The van der Waals surface area contributed by atoms with E-state index in [-0.39, 0.29) is 12.4 Å². The van der Waals surface area contributed by atoms with E-state index in [2.05, 4.69) is 5.32 Å². The molecule has 0 aliphatic rings. The molecule has 4 nitrogen and oxygen atoms in total. The lowest BCUT2D eigenvalue weighted by atomic mass is 10.2. The van der Waals surface area contributed by atoms with E-state index in [0.717, 1.165) is 5.56 Å². The van der Waals surface area contributed by atoms with Crippen LogP contribution in [0.2, 0.25) is 0 Å². The molecule has 1 unspecified atom stereocenters. The van der Waals surface area contributed by atoms with E-state index in [1.54, 1.807) is 19.1 Å². The zero-order valence-corrected chi connectivity index (χ0v) is 12.9. The molecule has 0 saturated carbocycles. The van der Waals surface area contributed by atoms with Gasteiger partial charge in [0.1, 0.15) is 5.75 Å². The number of para-hydroxylation sites is 1. The Labute approximate surface area is 129 Å². The maximum absolute atomic E-state index is 13.0. The summed E-state index contributed by atoms with van der Waals surface area (Å²) in [5.74, 6) is -3.10. The van der Waals surface area contributed by atoms with E-state index >= 15 is 0 Å². The molecule has 1 rings (SSSR count). The van der Waals surface area contributed by atoms with Crippen molar-refractivity contribution in [3.8, 4) is 5.75 Å². The second-order valence-electron chi connectivity index (χ2n) is 4.56. The number of rotatable bonds is 7. The Morgan fingerprint density at radius 3 is 2.57 bits per heavy atom. The number of hydrogen-bond donors (Lipinski definition) is 2. The van der Waals surface area contributed by atoms with Gasteiger partial charge in [0.2, 0.25) is 0 Å². The molecule has 1 atom stereocenters. The largest absolute Gasteiger partial charge is 0.480 e. The highest BCUT2D eigenvalue weighted by atomic mass is 35.5.